The zero-order valence-corrected chi connectivity index (χ0v) is 16.7. The summed E-state index contributed by atoms with van der Waals surface area (Å²) in [5.74, 6) is -0.00831. The van der Waals surface area contributed by atoms with E-state index in [1.807, 2.05) is 24.3 Å². The summed E-state index contributed by atoms with van der Waals surface area (Å²) in [7, 11) is -3.18. The lowest BCUT2D eigenvalue weighted by atomic mass is 10.0. The molecule has 0 radical (unpaired) electrons. The van der Waals surface area contributed by atoms with E-state index in [1.165, 1.54) is 17.4 Å². The number of likely N-dealkylation sites (tertiary alicyclic amines) is 1. The molecular weight excluding hydrogens is 374 g/mol. The van der Waals surface area contributed by atoms with E-state index in [1.54, 1.807) is 0 Å². The Bertz CT molecular complexity index is 936. The summed E-state index contributed by atoms with van der Waals surface area (Å²) in [6.07, 6.45) is 2.62. The molecule has 0 saturated carbocycles. The van der Waals surface area contributed by atoms with Crippen LogP contribution in [-0.4, -0.2) is 51.2 Å². The molecule has 28 heavy (non-hydrogen) atoms. The molecule has 4 rings (SSSR count). The Morgan fingerprint density at radius 3 is 2.07 bits per heavy atom. The maximum atomic E-state index is 12.7. The van der Waals surface area contributed by atoms with Crippen LogP contribution in [0.1, 0.15) is 30.0 Å². The van der Waals surface area contributed by atoms with Crippen molar-refractivity contribution in [3.8, 4) is 11.1 Å². The van der Waals surface area contributed by atoms with Gasteiger partial charge in [-0.2, -0.15) is 0 Å². The van der Waals surface area contributed by atoms with Crippen LogP contribution in [0.15, 0.2) is 48.5 Å². The SMILES string of the molecule is CS(=O)(=O)NC1CCN(CC(=O)NC2c3ccccc3-c3ccccc32)CC1. The van der Waals surface area contributed by atoms with Crippen LogP contribution < -0.4 is 10.0 Å². The number of nitrogens with zero attached hydrogens (tertiary/aromatic N) is 1. The van der Waals surface area contributed by atoms with Crippen molar-refractivity contribution in [1.29, 1.82) is 0 Å². The van der Waals surface area contributed by atoms with E-state index in [0.29, 0.717) is 19.6 Å². The van der Waals surface area contributed by atoms with Gasteiger partial charge < -0.3 is 5.32 Å². The van der Waals surface area contributed by atoms with Crippen molar-refractivity contribution in [3.05, 3.63) is 59.7 Å². The van der Waals surface area contributed by atoms with Crippen molar-refractivity contribution >= 4 is 15.9 Å². The van der Waals surface area contributed by atoms with Gasteiger partial charge in [0.1, 0.15) is 0 Å². The number of benzene rings is 2. The summed E-state index contributed by atoms with van der Waals surface area (Å²) in [6, 6.07) is 16.2. The Kier molecular flexibility index (Phi) is 5.23. The van der Waals surface area contributed by atoms with Gasteiger partial charge in [0, 0.05) is 19.1 Å². The molecule has 6 nitrogen and oxygen atoms in total. The monoisotopic (exact) mass is 399 g/mol. The van der Waals surface area contributed by atoms with Crippen molar-refractivity contribution < 1.29 is 13.2 Å². The molecule has 1 fully saturated rings. The van der Waals surface area contributed by atoms with Gasteiger partial charge in [-0.3, -0.25) is 9.69 Å². The van der Waals surface area contributed by atoms with Crippen LogP contribution >= 0.6 is 0 Å². The minimum atomic E-state index is -3.18. The lowest BCUT2D eigenvalue weighted by Gasteiger charge is -2.31. The molecule has 2 aromatic carbocycles. The third kappa shape index (κ3) is 4.11. The Hall–Kier alpha value is -2.22. The van der Waals surface area contributed by atoms with Crippen molar-refractivity contribution in [2.45, 2.75) is 24.9 Å². The van der Waals surface area contributed by atoms with Crippen LogP contribution in [0.25, 0.3) is 11.1 Å². The van der Waals surface area contributed by atoms with E-state index in [2.05, 4.69) is 39.2 Å². The fraction of sp³-hybridized carbons (Fsp3) is 0.381. The van der Waals surface area contributed by atoms with Crippen LogP contribution in [0.3, 0.4) is 0 Å². The molecule has 0 unspecified atom stereocenters. The Labute approximate surface area is 166 Å². The molecule has 0 bridgehead atoms. The molecule has 0 spiro atoms. The zero-order valence-electron chi connectivity index (χ0n) is 15.9. The van der Waals surface area contributed by atoms with Gasteiger partial charge in [0.2, 0.25) is 15.9 Å². The van der Waals surface area contributed by atoms with E-state index in [-0.39, 0.29) is 18.0 Å². The van der Waals surface area contributed by atoms with Crippen LogP contribution in [-0.2, 0) is 14.8 Å². The molecular formula is C21H25N3O3S. The van der Waals surface area contributed by atoms with Crippen LogP contribution in [0.5, 0.6) is 0 Å². The molecule has 148 valence electrons. The number of hydrogen-bond donors (Lipinski definition) is 2. The van der Waals surface area contributed by atoms with Crippen molar-refractivity contribution in [2.24, 2.45) is 0 Å². The first-order valence-electron chi connectivity index (χ1n) is 9.58. The van der Waals surface area contributed by atoms with Crippen LogP contribution in [0.4, 0.5) is 0 Å². The highest BCUT2D eigenvalue weighted by atomic mass is 32.2. The largest absolute Gasteiger partial charge is 0.344 e. The van der Waals surface area contributed by atoms with Crippen LogP contribution in [0.2, 0.25) is 0 Å². The van der Waals surface area contributed by atoms with Gasteiger partial charge in [-0.25, -0.2) is 13.1 Å². The molecule has 1 heterocycles. The smallest absolute Gasteiger partial charge is 0.234 e. The number of carbonyl (C=O) groups excluding carboxylic acids is 1. The third-order valence-electron chi connectivity index (χ3n) is 5.47. The number of piperidine rings is 1. The summed E-state index contributed by atoms with van der Waals surface area (Å²) in [5, 5.41) is 3.20. The van der Waals surface area contributed by atoms with Gasteiger partial charge in [0.25, 0.3) is 0 Å². The highest BCUT2D eigenvalue weighted by Gasteiger charge is 2.30. The van der Waals surface area contributed by atoms with Gasteiger partial charge in [-0.1, -0.05) is 48.5 Å². The molecule has 0 aromatic heterocycles. The van der Waals surface area contributed by atoms with Crippen molar-refractivity contribution in [1.82, 2.24) is 14.9 Å². The van der Waals surface area contributed by atoms with Crippen LogP contribution in [0, 0.1) is 0 Å². The maximum absolute atomic E-state index is 12.7. The molecule has 2 N–H and O–H groups in total. The maximum Gasteiger partial charge on any atom is 0.234 e. The molecule has 1 amide bonds. The topological polar surface area (TPSA) is 78.5 Å². The minimum absolute atomic E-state index is 0.00831. The summed E-state index contributed by atoms with van der Waals surface area (Å²) in [4.78, 5) is 14.8. The minimum Gasteiger partial charge on any atom is -0.344 e. The van der Waals surface area contributed by atoms with Gasteiger partial charge in [-0.15, -0.1) is 0 Å². The summed E-state index contributed by atoms with van der Waals surface area (Å²) in [5.41, 5.74) is 4.62. The van der Waals surface area contributed by atoms with E-state index < -0.39 is 10.0 Å². The number of hydrogen-bond acceptors (Lipinski definition) is 4. The quantitative estimate of drug-likeness (QED) is 0.805. The number of carbonyl (C=O) groups is 1. The fourth-order valence-electron chi connectivity index (χ4n) is 4.23. The highest BCUT2D eigenvalue weighted by molar-refractivity contribution is 7.88. The lowest BCUT2D eigenvalue weighted by molar-refractivity contribution is -0.123. The average molecular weight is 400 g/mol. The van der Waals surface area contributed by atoms with Crippen molar-refractivity contribution in [2.75, 3.05) is 25.9 Å². The molecule has 1 saturated heterocycles. The predicted molar refractivity (Wildman–Crippen MR) is 109 cm³/mol. The molecule has 2 aromatic rings. The number of nitrogens with one attached hydrogen (secondary N) is 2. The second-order valence-corrected chi connectivity index (χ2v) is 9.40. The third-order valence-corrected chi connectivity index (χ3v) is 6.24. The molecule has 0 atom stereocenters. The zero-order chi connectivity index (χ0) is 19.7. The number of amides is 1. The standard InChI is InChI=1S/C21H25N3O3S/c1-28(26,27)23-15-10-12-24(13-11-15)14-20(25)22-21-18-8-4-2-6-16(18)17-7-3-5-9-19(17)21/h2-9,15,21,23H,10-14H2,1H3,(H,22,25). The molecule has 1 aliphatic carbocycles. The highest BCUT2D eigenvalue weighted by Crippen LogP contribution is 2.42. The first-order chi connectivity index (χ1) is 13.4. The normalized spacial score (nSPS) is 17.9. The average Bonchev–Trinajstić information content (AvgIpc) is 2.97. The molecule has 2 aliphatic rings. The number of rotatable bonds is 5. The van der Waals surface area contributed by atoms with E-state index in [9.17, 15) is 13.2 Å². The first kappa shape index (κ1) is 19.1. The van der Waals surface area contributed by atoms with Gasteiger partial charge in [0.15, 0.2) is 0 Å². The first-order valence-corrected chi connectivity index (χ1v) is 11.5. The Balaban J connectivity index is 1.39. The Morgan fingerprint density at radius 1 is 1.00 bits per heavy atom. The second kappa shape index (κ2) is 7.66. The lowest BCUT2D eigenvalue weighted by Crippen LogP contribution is -2.47. The Morgan fingerprint density at radius 2 is 1.54 bits per heavy atom. The van der Waals surface area contributed by atoms with Gasteiger partial charge >= 0.3 is 0 Å². The fourth-order valence-corrected chi connectivity index (χ4v) is 5.07. The van der Waals surface area contributed by atoms with Crippen molar-refractivity contribution in [3.63, 3.8) is 0 Å². The van der Waals surface area contributed by atoms with Gasteiger partial charge in [-0.05, 0) is 35.1 Å². The second-order valence-electron chi connectivity index (χ2n) is 7.62. The predicted octanol–water partition coefficient (Wildman–Crippen LogP) is 1.89. The van der Waals surface area contributed by atoms with E-state index in [0.717, 1.165) is 24.0 Å². The summed E-state index contributed by atoms with van der Waals surface area (Å²) >= 11 is 0. The molecule has 7 heteroatoms. The van der Waals surface area contributed by atoms with E-state index in [4.69, 9.17) is 0 Å². The number of sulfonamides is 1. The molecule has 1 aliphatic heterocycles. The number of fused-ring (bicyclic) bond motifs is 3. The van der Waals surface area contributed by atoms with E-state index >= 15 is 0 Å². The summed E-state index contributed by atoms with van der Waals surface area (Å²) in [6.45, 7) is 1.74. The summed E-state index contributed by atoms with van der Waals surface area (Å²) < 4.78 is 25.4. The van der Waals surface area contributed by atoms with Gasteiger partial charge in [0.05, 0.1) is 18.8 Å².